The molecule has 118 valence electrons. The Bertz CT molecular complexity index is 790. The summed E-state index contributed by atoms with van der Waals surface area (Å²) in [7, 11) is 0. The van der Waals surface area contributed by atoms with Gasteiger partial charge in [0.05, 0.1) is 0 Å². The van der Waals surface area contributed by atoms with E-state index in [4.69, 9.17) is 8.94 Å². The van der Waals surface area contributed by atoms with Gasteiger partial charge in [0.2, 0.25) is 17.7 Å². The van der Waals surface area contributed by atoms with E-state index in [1.165, 1.54) is 6.42 Å². The van der Waals surface area contributed by atoms with Gasteiger partial charge in [-0.2, -0.15) is 4.98 Å². The van der Waals surface area contributed by atoms with Crippen molar-refractivity contribution in [3.8, 4) is 11.5 Å². The molecule has 3 aromatic rings. The Morgan fingerprint density at radius 3 is 2.57 bits per heavy atom. The third-order valence-electron chi connectivity index (χ3n) is 4.51. The smallest absolute Gasteiger partial charge is 0.247 e. The van der Waals surface area contributed by atoms with Crippen LogP contribution < -0.4 is 0 Å². The summed E-state index contributed by atoms with van der Waals surface area (Å²) in [6.07, 6.45) is 4.72. The van der Waals surface area contributed by atoms with Crippen molar-refractivity contribution in [3.05, 3.63) is 47.9 Å². The van der Waals surface area contributed by atoms with Gasteiger partial charge in [0, 0.05) is 23.8 Å². The number of benzene rings is 1. The molecule has 0 aliphatic heterocycles. The minimum atomic E-state index is 0.104. The highest BCUT2D eigenvalue weighted by Crippen LogP contribution is 2.41. The normalized spacial score (nSPS) is 16.2. The Hall–Kier alpha value is -2.50. The number of hydrogen-bond acceptors (Lipinski definition) is 6. The molecule has 4 rings (SSSR count). The van der Waals surface area contributed by atoms with Gasteiger partial charge in [0.25, 0.3) is 0 Å². The molecular formula is C17H18N4O2. The Kier molecular flexibility index (Phi) is 3.44. The Labute approximate surface area is 133 Å². The molecular weight excluding hydrogens is 292 g/mol. The Balaban J connectivity index is 1.41. The second-order valence-electron chi connectivity index (χ2n) is 6.29. The van der Waals surface area contributed by atoms with Gasteiger partial charge in [0.15, 0.2) is 5.82 Å². The van der Waals surface area contributed by atoms with E-state index >= 15 is 0 Å². The van der Waals surface area contributed by atoms with Gasteiger partial charge in [-0.1, -0.05) is 36.7 Å². The number of rotatable bonds is 5. The quantitative estimate of drug-likeness (QED) is 0.719. The van der Waals surface area contributed by atoms with Crippen molar-refractivity contribution in [3.63, 3.8) is 0 Å². The Morgan fingerprint density at radius 2 is 1.83 bits per heavy atom. The first-order valence-corrected chi connectivity index (χ1v) is 7.94. The highest BCUT2D eigenvalue weighted by atomic mass is 16.5. The van der Waals surface area contributed by atoms with Crippen LogP contribution in [0.5, 0.6) is 0 Å². The molecule has 0 atom stereocenters. The lowest BCUT2D eigenvalue weighted by molar-refractivity contribution is 0.245. The van der Waals surface area contributed by atoms with Crippen LogP contribution in [0.2, 0.25) is 0 Å². The molecule has 0 radical (unpaired) electrons. The van der Waals surface area contributed by atoms with Gasteiger partial charge in [-0.05, 0) is 25.0 Å². The first kappa shape index (κ1) is 14.1. The molecule has 0 N–H and O–H groups in total. The van der Waals surface area contributed by atoms with E-state index in [-0.39, 0.29) is 5.41 Å². The van der Waals surface area contributed by atoms with Crippen LogP contribution in [0.4, 0.5) is 0 Å². The molecule has 0 spiro atoms. The van der Waals surface area contributed by atoms with Gasteiger partial charge in [-0.15, -0.1) is 10.2 Å². The molecule has 6 nitrogen and oxygen atoms in total. The third kappa shape index (κ3) is 2.76. The van der Waals surface area contributed by atoms with E-state index in [1.807, 2.05) is 30.3 Å². The fourth-order valence-electron chi connectivity index (χ4n) is 2.80. The summed E-state index contributed by atoms with van der Waals surface area (Å²) >= 11 is 0. The zero-order valence-electron chi connectivity index (χ0n) is 13.0. The topological polar surface area (TPSA) is 77.8 Å². The molecule has 0 unspecified atom stereocenters. The van der Waals surface area contributed by atoms with Gasteiger partial charge in [-0.3, -0.25) is 0 Å². The van der Waals surface area contributed by atoms with E-state index in [9.17, 15) is 0 Å². The van der Waals surface area contributed by atoms with Crippen molar-refractivity contribution in [1.29, 1.82) is 0 Å². The summed E-state index contributed by atoms with van der Waals surface area (Å²) in [4.78, 5) is 4.52. The second-order valence-corrected chi connectivity index (χ2v) is 6.29. The molecule has 1 aliphatic carbocycles. The predicted molar refractivity (Wildman–Crippen MR) is 82.6 cm³/mol. The fourth-order valence-corrected chi connectivity index (χ4v) is 2.80. The summed E-state index contributed by atoms with van der Waals surface area (Å²) in [5.74, 6) is 2.58. The average molecular weight is 310 g/mol. The van der Waals surface area contributed by atoms with Crippen LogP contribution in [0, 0.1) is 0 Å². The summed E-state index contributed by atoms with van der Waals surface area (Å²) in [5.41, 5.74) is 1.02. The lowest BCUT2D eigenvalue weighted by Crippen LogP contribution is -2.31. The van der Waals surface area contributed by atoms with Crippen molar-refractivity contribution in [2.45, 2.75) is 44.4 Å². The van der Waals surface area contributed by atoms with E-state index < -0.39 is 0 Å². The molecule has 1 fully saturated rings. The highest BCUT2D eigenvalue weighted by Gasteiger charge is 2.38. The van der Waals surface area contributed by atoms with E-state index in [0.717, 1.165) is 24.2 Å². The van der Waals surface area contributed by atoms with Crippen molar-refractivity contribution < 1.29 is 8.94 Å². The number of hydrogen-bond donors (Lipinski definition) is 0. The van der Waals surface area contributed by atoms with Crippen molar-refractivity contribution >= 4 is 0 Å². The molecule has 23 heavy (non-hydrogen) atoms. The predicted octanol–water partition coefficient (Wildman–Crippen LogP) is 3.35. The minimum absolute atomic E-state index is 0.104. The van der Waals surface area contributed by atoms with Crippen molar-refractivity contribution in [1.82, 2.24) is 20.3 Å². The average Bonchev–Trinajstić information content (AvgIpc) is 3.21. The SMILES string of the molecule is CC1(c2noc(CCc3nnc(-c4ccccc4)o3)n2)CCC1. The van der Waals surface area contributed by atoms with Crippen LogP contribution >= 0.6 is 0 Å². The van der Waals surface area contributed by atoms with Crippen LogP contribution in [0.15, 0.2) is 39.3 Å². The summed E-state index contributed by atoms with van der Waals surface area (Å²) < 4.78 is 11.0. The molecule has 0 amide bonds. The molecule has 6 heteroatoms. The van der Waals surface area contributed by atoms with Crippen LogP contribution in [0.1, 0.15) is 43.8 Å². The first-order chi connectivity index (χ1) is 11.2. The number of nitrogens with zero attached hydrogens (tertiary/aromatic N) is 4. The standard InChI is InChI=1S/C17H18N4O2/c1-17(10-5-11-17)16-18-13(23-21-16)8-9-14-19-20-15(22-14)12-6-3-2-4-7-12/h2-4,6-7H,5,8-11H2,1H3. The third-order valence-corrected chi connectivity index (χ3v) is 4.51. The maximum atomic E-state index is 5.69. The van der Waals surface area contributed by atoms with Gasteiger partial charge < -0.3 is 8.94 Å². The van der Waals surface area contributed by atoms with E-state index in [0.29, 0.717) is 30.5 Å². The van der Waals surface area contributed by atoms with Crippen LogP contribution in [0.3, 0.4) is 0 Å². The lowest BCUT2D eigenvalue weighted by atomic mass is 9.70. The summed E-state index contributed by atoms with van der Waals surface area (Å²) in [6.45, 7) is 2.19. The largest absolute Gasteiger partial charge is 0.421 e. The summed E-state index contributed by atoms with van der Waals surface area (Å²) in [6, 6.07) is 9.73. The summed E-state index contributed by atoms with van der Waals surface area (Å²) in [5, 5.41) is 12.3. The zero-order valence-corrected chi connectivity index (χ0v) is 13.0. The second kappa shape index (κ2) is 5.61. The molecule has 1 saturated carbocycles. The van der Waals surface area contributed by atoms with Gasteiger partial charge in [-0.25, -0.2) is 0 Å². The zero-order chi connectivity index (χ0) is 15.7. The van der Waals surface area contributed by atoms with Crippen LogP contribution in [-0.4, -0.2) is 20.3 Å². The highest BCUT2D eigenvalue weighted by molar-refractivity contribution is 5.51. The van der Waals surface area contributed by atoms with Gasteiger partial charge >= 0.3 is 0 Å². The Morgan fingerprint density at radius 1 is 1.04 bits per heavy atom. The maximum Gasteiger partial charge on any atom is 0.247 e. The fraction of sp³-hybridized carbons (Fsp3) is 0.412. The molecule has 1 aromatic carbocycles. The number of aryl methyl sites for hydroxylation is 2. The van der Waals surface area contributed by atoms with E-state index in [1.54, 1.807) is 0 Å². The molecule has 0 bridgehead atoms. The van der Waals surface area contributed by atoms with Crippen molar-refractivity contribution in [2.75, 3.05) is 0 Å². The van der Waals surface area contributed by atoms with Crippen LogP contribution in [0.25, 0.3) is 11.5 Å². The molecule has 2 aromatic heterocycles. The van der Waals surface area contributed by atoms with Crippen molar-refractivity contribution in [2.24, 2.45) is 0 Å². The minimum Gasteiger partial charge on any atom is -0.421 e. The first-order valence-electron chi connectivity index (χ1n) is 7.94. The maximum absolute atomic E-state index is 5.69. The lowest BCUT2D eigenvalue weighted by Gasteiger charge is -2.34. The van der Waals surface area contributed by atoms with Gasteiger partial charge in [0.1, 0.15) is 0 Å². The molecule has 0 saturated heterocycles. The monoisotopic (exact) mass is 310 g/mol. The number of aromatic nitrogens is 4. The molecule has 1 aliphatic rings. The van der Waals surface area contributed by atoms with Crippen LogP contribution in [-0.2, 0) is 18.3 Å². The van der Waals surface area contributed by atoms with E-state index in [2.05, 4.69) is 27.3 Å². The molecule has 2 heterocycles.